The number of rotatable bonds is 5. The molecule has 1 heterocycles. The number of nitrogens with zero attached hydrogens (tertiary/aromatic N) is 1. The van der Waals surface area contributed by atoms with Crippen molar-refractivity contribution in [2.24, 2.45) is 0 Å². The molecule has 1 saturated heterocycles. The largest absolute Gasteiger partial charge is 0.494 e. The summed E-state index contributed by atoms with van der Waals surface area (Å²) < 4.78 is 43.7. The molecule has 2 aromatic rings. The molecule has 0 bridgehead atoms. The van der Waals surface area contributed by atoms with Gasteiger partial charge in [0, 0.05) is 24.3 Å². The van der Waals surface area contributed by atoms with E-state index in [1.807, 2.05) is 6.92 Å². The highest BCUT2D eigenvalue weighted by atomic mass is 19.4. The number of nitrogens with one attached hydrogen (secondary N) is 2. The van der Waals surface area contributed by atoms with Crippen LogP contribution in [0.1, 0.15) is 18.9 Å². The first-order valence-electron chi connectivity index (χ1n) is 9.04. The quantitative estimate of drug-likeness (QED) is 0.786. The van der Waals surface area contributed by atoms with Crippen LogP contribution in [0.3, 0.4) is 0 Å². The number of amides is 3. The highest BCUT2D eigenvalue weighted by Gasteiger charge is 2.32. The molecule has 3 rings (SSSR count). The smallest absolute Gasteiger partial charge is 0.416 e. The molecule has 0 radical (unpaired) electrons. The highest BCUT2D eigenvalue weighted by molar-refractivity contribution is 5.97. The van der Waals surface area contributed by atoms with E-state index in [1.54, 1.807) is 29.2 Å². The van der Waals surface area contributed by atoms with E-state index in [0.29, 0.717) is 18.0 Å². The number of hydrogen-bond acceptors (Lipinski definition) is 3. The van der Waals surface area contributed by atoms with Gasteiger partial charge in [0.25, 0.3) is 0 Å². The summed E-state index contributed by atoms with van der Waals surface area (Å²) in [6.45, 7) is 2.68. The molecule has 2 aromatic carbocycles. The van der Waals surface area contributed by atoms with Gasteiger partial charge in [-0.15, -0.1) is 0 Å². The predicted molar refractivity (Wildman–Crippen MR) is 102 cm³/mol. The third-order valence-electron chi connectivity index (χ3n) is 4.37. The van der Waals surface area contributed by atoms with Crippen molar-refractivity contribution in [1.29, 1.82) is 0 Å². The normalized spacial score (nSPS) is 16.6. The lowest BCUT2D eigenvalue weighted by Gasteiger charge is -2.18. The third kappa shape index (κ3) is 5.18. The van der Waals surface area contributed by atoms with Gasteiger partial charge in [-0.05, 0) is 49.4 Å². The van der Waals surface area contributed by atoms with Gasteiger partial charge in [0.15, 0.2) is 0 Å². The number of alkyl halides is 3. The maximum atomic E-state index is 12.8. The lowest BCUT2D eigenvalue weighted by Crippen LogP contribution is -2.39. The van der Waals surface area contributed by atoms with Gasteiger partial charge in [0.05, 0.1) is 18.2 Å². The van der Waals surface area contributed by atoms with Crippen LogP contribution in [0.25, 0.3) is 0 Å². The molecule has 154 valence electrons. The first-order valence-corrected chi connectivity index (χ1v) is 9.04. The highest BCUT2D eigenvalue weighted by Crippen LogP contribution is 2.30. The number of benzene rings is 2. The molecule has 1 aliphatic heterocycles. The zero-order valence-electron chi connectivity index (χ0n) is 15.6. The molecule has 0 saturated carbocycles. The van der Waals surface area contributed by atoms with Gasteiger partial charge in [0.2, 0.25) is 5.91 Å². The van der Waals surface area contributed by atoms with E-state index in [2.05, 4.69) is 10.6 Å². The minimum Gasteiger partial charge on any atom is -0.494 e. The number of hydrogen-bond donors (Lipinski definition) is 2. The van der Waals surface area contributed by atoms with Gasteiger partial charge in [0.1, 0.15) is 5.75 Å². The molecule has 0 aliphatic carbocycles. The van der Waals surface area contributed by atoms with E-state index in [9.17, 15) is 22.8 Å². The topological polar surface area (TPSA) is 70.7 Å². The standard InChI is InChI=1S/C20H20F3N3O3/c1-2-29-17-8-6-16(7-9-17)26-12-15(11-18(26)27)25-19(28)24-14-5-3-4-13(10-14)20(21,22)23/h3-10,15H,2,11-12H2,1H3,(H2,24,25,28). The van der Waals surface area contributed by atoms with Crippen molar-refractivity contribution in [3.05, 3.63) is 54.1 Å². The van der Waals surface area contributed by atoms with E-state index in [1.165, 1.54) is 12.1 Å². The minimum atomic E-state index is -4.50. The zero-order chi connectivity index (χ0) is 21.0. The second-order valence-electron chi connectivity index (χ2n) is 6.51. The molecule has 9 heteroatoms. The van der Waals surface area contributed by atoms with Crippen molar-refractivity contribution in [3.8, 4) is 5.75 Å². The Kier molecular flexibility index (Phi) is 5.95. The van der Waals surface area contributed by atoms with Crippen LogP contribution in [-0.4, -0.2) is 31.1 Å². The number of anilines is 2. The third-order valence-corrected chi connectivity index (χ3v) is 4.37. The fourth-order valence-electron chi connectivity index (χ4n) is 3.07. The molecule has 0 spiro atoms. The van der Waals surface area contributed by atoms with Crippen LogP contribution >= 0.6 is 0 Å². The Hall–Kier alpha value is -3.23. The molecule has 2 N–H and O–H groups in total. The summed E-state index contributed by atoms with van der Waals surface area (Å²) >= 11 is 0. The summed E-state index contributed by atoms with van der Waals surface area (Å²) in [6, 6.07) is 10.3. The van der Waals surface area contributed by atoms with Crippen molar-refractivity contribution >= 4 is 23.3 Å². The summed E-state index contributed by atoms with van der Waals surface area (Å²) in [5.41, 5.74) is -0.154. The maximum absolute atomic E-state index is 12.8. The van der Waals surface area contributed by atoms with Crippen LogP contribution in [0, 0.1) is 0 Å². The molecule has 1 fully saturated rings. The fraction of sp³-hybridized carbons (Fsp3) is 0.300. The van der Waals surface area contributed by atoms with Crippen LogP contribution in [0.2, 0.25) is 0 Å². The van der Waals surface area contributed by atoms with E-state index >= 15 is 0 Å². The molecule has 3 amide bonds. The first-order chi connectivity index (χ1) is 13.8. The average Bonchev–Trinajstić information content (AvgIpc) is 3.02. The second kappa shape index (κ2) is 8.42. The first kappa shape index (κ1) is 20.5. The predicted octanol–water partition coefficient (Wildman–Crippen LogP) is 4.03. The SMILES string of the molecule is CCOc1ccc(N2CC(NC(=O)Nc3cccc(C(F)(F)F)c3)CC2=O)cc1. The van der Waals surface area contributed by atoms with Crippen LogP contribution in [0.5, 0.6) is 5.75 Å². The fourth-order valence-corrected chi connectivity index (χ4v) is 3.07. The number of halogens is 3. The number of urea groups is 1. The average molecular weight is 407 g/mol. The Morgan fingerprint density at radius 1 is 1.21 bits per heavy atom. The van der Waals surface area contributed by atoms with Crippen LogP contribution in [-0.2, 0) is 11.0 Å². The molecule has 1 aliphatic rings. The molecule has 1 unspecified atom stereocenters. The van der Waals surface area contributed by atoms with Crippen molar-refractivity contribution in [2.45, 2.75) is 25.6 Å². The number of carbonyl (C=O) groups excluding carboxylic acids is 2. The van der Waals surface area contributed by atoms with Gasteiger partial charge in [-0.3, -0.25) is 4.79 Å². The van der Waals surface area contributed by atoms with Gasteiger partial charge >= 0.3 is 12.2 Å². The summed E-state index contributed by atoms with van der Waals surface area (Å²) in [5.74, 6) is 0.538. The van der Waals surface area contributed by atoms with Gasteiger partial charge < -0.3 is 20.3 Å². The monoisotopic (exact) mass is 407 g/mol. The van der Waals surface area contributed by atoms with E-state index in [0.717, 1.165) is 12.1 Å². The Morgan fingerprint density at radius 3 is 2.59 bits per heavy atom. The van der Waals surface area contributed by atoms with E-state index in [4.69, 9.17) is 4.74 Å². The molecular weight excluding hydrogens is 387 g/mol. The van der Waals surface area contributed by atoms with E-state index < -0.39 is 23.8 Å². The van der Waals surface area contributed by atoms with Crippen molar-refractivity contribution in [2.75, 3.05) is 23.4 Å². The van der Waals surface area contributed by atoms with E-state index in [-0.39, 0.29) is 24.6 Å². The summed E-state index contributed by atoms with van der Waals surface area (Å²) in [4.78, 5) is 26.0. The number of carbonyl (C=O) groups is 2. The molecule has 1 atom stereocenters. The maximum Gasteiger partial charge on any atom is 0.416 e. The Morgan fingerprint density at radius 2 is 1.93 bits per heavy atom. The summed E-state index contributed by atoms with van der Waals surface area (Å²) in [5, 5.41) is 5.00. The molecule has 0 aromatic heterocycles. The van der Waals surface area contributed by atoms with Crippen molar-refractivity contribution in [3.63, 3.8) is 0 Å². The van der Waals surface area contributed by atoms with Gasteiger partial charge in [-0.25, -0.2) is 4.79 Å². The Balaban J connectivity index is 1.59. The molecule has 29 heavy (non-hydrogen) atoms. The number of ether oxygens (including phenoxy) is 1. The lowest BCUT2D eigenvalue weighted by atomic mass is 10.2. The summed E-state index contributed by atoms with van der Waals surface area (Å²) in [6.07, 6.45) is -4.40. The zero-order valence-corrected chi connectivity index (χ0v) is 15.6. The van der Waals surface area contributed by atoms with Crippen LogP contribution < -0.4 is 20.3 Å². The Bertz CT molecular complexity index is 885. The summed E-state index contributed by atoms with van der Waals surface area (Å²) in [7, 11) is 0. The van der Waals surface area contributed by atoms with Crippen LogP contribution in [0.4, 0.5) is 29.3 Å². The minimum absolute atomic E-state index is 0.0185. The van der Waals surface area contributed by atoms with Gasteiger partial charge in [-0.1, -0.05) is 6.07 Å². The lowest BCUT2D eigenvalue weighted by molar-refractivity contribution is -0.137. The molecular formula is C20H20F3N3O3. The van der Waals surface area contributed by atoms with Crippen molar-refractivity contribution in [1.82, 2.24) is 5.32 Å². The van der Waals surface area contributed by atoms with Gasteiger partial charge in [-0.2, -0.15) is 13.2 Å². The molecule has 6 nitrogen and oxygen atoms in total. The second-order valence-corrected chi connectivity index (χ2v) is 6.51. The van der Waals surface area contributed by atoms with Crippen LogP contribution in [0.15, 0.2) is 48.5 Å². The van der Waals surface area contributed by atoms with Crippen molar-refractivity contribution < 1.29 is 27.5 Å². The Labute approximate surface area is 165 Å².